The van der Waals surface area contributed by atoms with E-state index in [1.54, 1.807) is 0 Å². The fraction of sp³-hybridized carbons (Fsp3) is 0.158. The zero-order chi connectivity index (χ0) is 15.3. The largest absolute Gasteiger partial charge is 0.353 e. The van der Waals surface area contributed by atoms with E-state index in [1.807, 2.05) is 62.4 Å². The van der Waals surface area contributed by atoms with Gasteiger partial charge in [-0.2, -0.15) is 0 Å². The van der Waals surface area contributed by atoms with E-state index in [0.717, 1.165) is 38.4 Å². The van der Waals surface area contributed by atoms with Crippen LogP contribution in [0.4, 0.5) is 0 Å². The van der Waals surface area contributed by atoms with E-state index in [2.05, 4.69) is 4.98 Å². The summed E-state index contributed by atoms with van der Waals surface area (Å²) in [6.45, 7) is 3.87. The molecule has 4 aromatic rings. The Hall–Kier alpha value is -2.68. The molecule has 0 aliphatic rings. The Bertz CT molecular complexity index is 1030. The van der Waals surface area contributed by atoms with Gasteiger partial charge in [0.15, 0.2) is 5.78 Å². The summed E-state index contributed by atoms with van der Waals surface area (Å²) in [6, 6.07) is 15.9. The summed E-state index contributed by atoms with van der Waals surface area (Å²) in [5.41, 5.74) is 4.35. The number of hydrogen-bond acceptors (Lipinski definition) is 2. The third kappa shape index (κ3) is 1.75. The van der Waals surface area contributed by atoms with Gasteiger partial charge >= 0.3 is 0 Å². The van der Waals surface area contributed by atoms with Crippen LogP contribution >= 0.6 is 0 Å². The summed E-state index contributed by atoms with van der Waals surface area (Å²) in [5.74, 6) is 0.0931. The summed E-state index contributed by atoms with van der Waals surface area (Å²) >= 11 is 0. The Morgan fingerprint density at radius 1 is 1.00 bits per heavy atom. The van der Waals surface area contributed by atoms with Crippen molar-refractivity contribution < 1.29 is 4.79 Å². The molecule has 22 heavy (non-hydrogen) atoms. The highest BCUT2D eigenvalue weighted by atomic mass is 16.1. The van der Waals surface area contributed by atoms with Crippen molar-refractivity contribution in [2.24, 2.45) is 5.92 Å². The van der Waals surface area contributed by atoms with Crippen molar-refractivity contribution in [2.75, 3.05) is 0 Å². The number of fused-ring (bicyclic) bond motifs is 4. The van der Waals surface area contributed by atoms with Crippen molar-refractivity contribution in [1.29, 1.82) is 0 Å². The van der Waals surface area contributed by atoms with Crippen molar-refractivity contribution in [3.8, 4) is 0 Å². The molecule has 0 aliphatic heterocycles. The molecule has 0 fully saturated rings. The van der Waals surface area contributed by atoms with Gasteiger partial charge in [0.05, 0.1) is 22.1 Å². The first-order chi connectivity index (χ1) is 10.7. The van der Waals surface area contributed by atoms with Crippen LogP contribution in [0.2, 0.25) is 0 Å². The van der Waals surface area contributed by atoms with Gasteiger partial charge in [-0.25, -0.2) is 4.98 Å². The summed E-state index contributed by atoms with van der Waals surface area (Å²) < 4.78 is 0. The molecular formula is C19H16N2O. The van der Waals surface area contributed by atoms with Crippen LogP contribution in [0.25, 0.3) is 32.8 Å². The van der Waals surface area contributed by atoms with Crippen LogP contribution in [0, 0.1) is 5.92 Å². The summed E-state index contributed by atoms with van der Waals surface area (Å²) in [6.07, 6.45) is 0. The second-order valence-corrected chi connectivity index (χ2v) is 5.92. The maximum atomic E-state index is 12.8. The van der Waals surface area contributed by atoms with Gasteiger partial charge in [-0.05, 0) is 12.1 Å². The SMILES string of the molecule is CC(C)C(=O)c1c2ccccc2nc2c1[nH]c1ccccc12. The molecule has 0 spiro atoms. The number of carbonyl (C=O) groups excluding carboxylic acids is 1. The second kappa shape index (κ2) is 4.67. The third-order valence-corrected chi connectivity index (χ3v) is 4.11. The first-order valence-corrected chi connectivity index (χ1v) is 7.50. The zero-order valence-corrected chi connectivity index (χ0v) is 12.6. The number of rotatable bonds is 2. The summed E-state index contributed by atoms with van der Waals surface area (Å²) in [7, 11) is 0. The quantitative estimate of drug-likeness (QED) is 0.543. The van der Waals surface area contributed by atoms with Gasteiger partial charge in [0.1, 0.15) is 0 Å². The van der Waals surface area contributed by atoms with Crippen LogP contribution in [0.1, 0.15) is 24.2 Å². The number of pyridine rings is 1. The molecule has 2 aromatic heterocycles. The molecule has 4 rings (SSSR count). The van der Waals surface area contributed by atoms with Crippen molar-refractivity contribution in [3.05, 3.63) is 54.1 Å². The van der Waals surface area contributed by atoms with E-state index in [9.17, 15) is 4.79 Å². The van der Waals surface area contributed by atoms with E-state index in [1.165, 1.54) is 0 Å². The number of nitrogens with zero attached hydrogens (tertiary/aromatic N) is 1. The van der Waals surface area contributed by atoms with Crippen LogP contribution in [-0.2, 0) is 0 Å². The number of carbonyl (C=O) groups is 1. The first kappa shape index (κ1) is 13.0. The van der Waals surface area contributed by atoms with E-state index < -0.39 is 0 Å². The molecule has 3 heteroatoms. The van der Waals surface area contributed by atoms with E-state index in [4.69, 9.17) is 4.98 Å². The summed E-state index contributed by atoms with van der Waals surface area (Å²) in [4.78, 5) is 21.0. The molecule has 2 heterocycles. The molecule has 0 bridgehead atoms. The lowest BCUT2D eigenvalue weighted by Crippen LogP contribution is -2.09. The van der Waals surface area contributed by atoms with Crippen LogP contribution in [0.15, 0.2) is 48.5 Å². The maximum absolute atomic E-state index is 12.8. The van der Waals surface area contributed by atoms with Crippen molar-refractivity contribution >= 4 is 38.6 Å². The minimum Gasteiger partial charge on any atom is -0.353 e. The molecule has 3 nitrogen and oxygen atoms in total. The van der Waals surface area contributed by atoms with Gasteiger partial charge in [-0.1, -0.05) is 50.2 Å². The minimum absolute atomic E-state index is 0.0552. The monoisotopic (exact) mass is 288 g/mol. The number of benzene rings is 2. The average molecular weight is 288 g/mol. The Morgan fingerprint density at radius 2 is 1.68 bits per heavy atom. The lowest BCUT2D eigenvalue weighted by atomic mass is 9.96. The fourth-order valence-corrected chi connectivity index (χ4v) is 3.01. The molecular weight excluding hydrogens is 272 g/mol. The molecule has 0 saturated carbocycles. The Labute approximate surface area is 128 Å². The number of ketones is 1. The topological polar surface area (TPSA) is 45.8 Å². The zero-order valence-electron chi connectivity index (χ0n) is 12.6. The van der Waals surface area contributed by atoms with Crippen LogP contribution in [-0.4, -0.2) is 15.8 Å². The molecule has 0 saturated heterocycles. The van der Waals surface area contributed by atoms with Crippen molar-refractivity contribution in [2.45, 2.75) is 13.8 Å². The highest BCUT2D eigenvalue weighted by Gasteiger charge is 2.20. The molecule has 0 aliphatic carbocycles. The third-order valence-electron chi connectivity index (χ3n) is 4.11. The fourth-order valence-electron chi connectivity index (χ4n) is 3.01. The van der Waals surface area contributed by atoms with E-state index in [-0.39, 0.29) is 11.7 Å². The van der Waals surface area contributed by atoms with Gasteiger partial charge in [0, 0.05) is 22.2 Å². The number of hydrogen-bond donors (Lipinski definition) is 1. The number of para-hydroxylation sites is 2. The Kier molecular flexibility index (Phi) is 2.76. The van der Waals surface area contributed by atoms with Crippen molar-refractivity contribution in [3.63, 3.8) is 0 Å². The molecule has 108 valence electrons. The average Bonchev–Trinajstić information content (AvgIpc) is 2.90. The number of H-pyrrole nitrogens is 1. The highest BCUT2D eigenvalue weighted by molar-refractivity contribution is 6.21. The Morgan fingerprint density at radius 3 is 2.45 bits per heavy atom. The molecule has 2 aromatic carbocycles. The molecule has 0 unspecified atom stereocenters. The van der Waals surface area contributed by atoms with Crippen molar-refractivity contribution in [1.82, 2.24) is 9.97 Å². The minimum atomic E-state index is -0.0552. The number of Topliss-reactive ketones (excluding diaryl/α,β-unsaturated/α-hetero) is 1. The van der Waals surface area contributed by atoms with Gasteiger partial charge in [0.2, 0.25) is 0 Å². The number of aromatic amines is 1. The normalized spacial score (nSPS) is 11.8. The number of nitrogens with one attached hydrogen (secondary N) is 1. The van der Waals surface area contributed by atoms with Gasteiger partial charge in [-0.3, -0.25) is 4.79 Å². The molecule has 0 radical (unpaired) electrons. The van der Waals surface area contributed by atoms with Crippen LogP contribution in [0.5, 0.6) is 0 Å². The molecule has 0 atom stereocenters. The predicted octanol–water partition coefficient (Wildman–Crippen LogP) is 4.71. The smallest absolute Gasteiger partial charge is 0.168 e. The lowest BCUT2D eigenvalue weighted by molar-refractivity contribution is 0.0942. The maximum Gasteiger partial charge on any atom is 0.168 e. The first-order valence-electron chi connectivity index (χ1n) is 7.50. The standard InChI is InChI=1S/C19H16N2O/c1-11(2)19(22)16-12-7-3-5-9-14(12)20-17-13-8-4-6-10-15(13)21-18(16)17/h3-11,21H,1-2H3. The van der Waals surface area contributed by atoms with Crippen LogP contribution in [0.3, 0.4) is 0 Å². The highest BCUT2D eigenvalue weighted by Crippen LogP contribution is 2.32. The van der Waals surface area contributed by atoms with E-state index >= 15 is 0 Å². The summed E-state index contributed by atoms with van der Waals surface area (Å²) in [5, 5.41) is 1.97. The molecule has 1 N–H and O–H groups in total. The van der Waals surface area contributed by atoms with Gasteiger partial charge in [-0.15, -0.1) is 0 Å². The van der Waals surface area contributed by atoms with Gasteiger partial charge < -0.3 is 4.98 Å². The van der Waals surface area contributed by atoms with Gasteiger partial charge in [0.25, 0.3) is 0 Å². The Balaban J connectivity index is 2.26. The molecule has 0 amide bonds. The second-order valence-electron chi connectivity index (χ2n) is 5.92. The number of aromatic nitrogens is 2. The van der Waals surface area contributed by atoms with Crippen LogP contribution < -0.4 is 0 Å². The predicted molar refractivity (Wildman–Crippen MR) is 90.3 cm³/mol. The van der Waals surface area contributed by atoms with E-state index in [0.29, 0.717) is 0 Å². The lowest BCUT2D eigenvalue weighted by Gasteiger charge is -2.09.